The van der Waals surface area contributed by atoms with Crippen molar-refractivity contribution >= 4 is 39.1 Å². The molecule has 1 aromatic rings. The van der Waals surface area contributed by atoms with E-state index in [1.54, 1.807) is 6.92 Å². The van der Waals surface area contributed by atoms with Crippen LogP contribution >= 0.6 is 23.2 Å². The third kappa shape index (κ3) is 3.55. The average Bonchev–Trinajstić information content (AvgIpc) is 2.48. The third-order valence-corrected chi connectivity index (χ3v) is 5.87. The first-order valence-corrected chi connectivity index (χ1v) is 8.92. The van der Waals surface area contributed by atoms with Crippen LogP contribution in [0.1, 0.15) is 17.3 Å². The summed E-state index contributed by atoms with van der Waals surface area (Å²) in [4.78, 5) is 11.8. The van der Waals surface area contributed by atoms with Crippen molar-refractivity contribution in [1.82, 2.24) is 9.62 Å². The minimum atomic E-state index is -3.80. The normalized spacial score (nSPS) is 16.5. The van der Waals surface area contributed by atoms with E-state index in [4.69, 9.17) is 27.9 Å². The molecule has 1 saturated heterocycles. The van der Waals surface area contributed by atoms with Gasteiger partial charge in [0.05, 0.1) is 28.8 Å². The maximum absolute atomic E-state index is 12.7. The molecule has 0 spiro atoms. The first-order chi connectivity index (χ1) is 10.4. The molecule has 0 bridgehead atoms. The number of benzene rings is 1. The van der Waals surface area contributed by atoms with Crippen LogP contribution in [0.25, 0.3) is 0 Å². The van der Waals surface area contributed by atoms with Gasteiger partial charge in [0.2, 0.25) is 10.0 Å². The van der Waals surface area contributed by atoms with Gasteiger partial charge >= 0.3 is 0 Å². The van der Waals surface area contributed by atoms with E-state index in [1.165, 1.54) is 16.4 Å². The quantitative estimate of drug-likeness (QED) is 0.880. The van der Waals surface area contributed by atoms with Gasteiger partial charge in [-0.05, 0) is 19.1 Å². The van der Waals surface area contributed by atoms with Crippen molar-refractivity contribution in [3.63, 3.8) is 0 Å². The Bertz CT molecular complexity index is 673. The van der Waals surface area contributed by atoms with Crippen LogP contribution in [0, 0.1) is 0 Å². The maximum Gasteiger partial charge on any atom is 0.252 e. The summed E-state index contributed by atoms with van der Waals surface area (Å²) in [6, 6.07) is 2.50. The summed E-state index contributed by atoms with van der Waals surface area (Å²) in [6.45, 7) is 3.31. The van der Waals surface area contributed by atoms with Crippen LogP contribution < -0.4 is 5.32 Å². The topological polar surface area (TPSA) is 75.7 Å². The van der Waals surface area contributed by atoms with Crippen molar-refractivity contribution in [2.24, 2.45) is 0 Å². The van der Waals surface area contributed by atoms with E-state index in [-0.39, 0.29) is 33.6 Å². The molecule has 0 atom stereocenters. The van der Waals surface area contributed by atoms with E-state index < -0.39 is 15.9 Å². The van der Waals surface area contributed by atoms with Gasteiger partial charge in [0.1, 0.15) is 4.90 Å². The molecule has 1 aliphatic heterocycles. The molecule has 0 saturated carbocycles. The lowest BCUT2D eigenvalue weighted by Crippen LogP contribution is -2.40. The number of nitrogens with zero attached hydrogens (tertiary/aromatic N) is 1. The summed E-state index contributed by atoms with van der Waals surface area (Å²) in [5, 5.41) is 2.68. The van der Waals surface area contributed by atoms with Crippen molar-refractivity contribution in [3.05, 3.63) is 27.7 Å². The van der Waals surface area contributed by atoms with Gasteiger partial charge in [-0.25, -0.2) is 8.42 Å². The predicted molar refractivity (Wildman–Crippen MR) is 84.0 cm³/mol. The zero-order chi connectivity index (χ0) is 16.3. The molecule has 0 radical (unpaired) electrons. The van der Waals surface area contributed by atoms with Gasteiger partial charge in [0.25, 0.3) is 5.91 Å². The van der Waals surface area contributed by atoms with Crippen LogP contribution in [-0.2, 0) is 14.8 Å². The lowest BCUT2D eigenvalue weighted by Gasteiger charge is -2.26. The number of hydrogen-bond acceptors (Lipinski definition) is 4. The molecule has 0 aromatic heterocycles. The minimum Gasteiger partial charge on any atom is -0.379 e. The van der Waals surface area contributed by atoms with E-state index in [0.717, 1.165) is 0 Å². The molecule has 1 N–H and O–H groups in total. The van der Waals surface area contributed by atoms with Crippen LogP contribution in [0.3, 0.4) is 0 Å². The highest BCUT2D eigenvalue weighted by atomic mass is 35.5. The Balaban J connectivity index is 2.45. The summed E-state index contributed by atoms with van der Waals surface area (Å²) < 4.78 is 31.8. The largest absolute Gasteiger partial charge is 0.379 e. The molecule has 1 fully saturated rings. The van der Waals surface area contributed by atoms with Crippen LogP contribution in [0.15, 0.2) is 17.0 Å². The Morgan fingerprint density at radius 1 is 1.27 bits per heavy atom. The number of morpholine rings is 1. The molecule has 0 unspecified atom stereocenters. The van der Waals surface area contributed by atoms with Crippen molar-refractivity contribution in [2.45, 2.75) is 11.8 Å². The highest BCUT2D eigenvalue weighted by Gasteiger charge is 2.30. The Kier molecular flexibility index (Phi) is 5.68. The summed E-state index contributed by atoms with van der Waals surface area (Å²) in [5.74, 6) is -0.442. The predicted octanol–water partition coefficient (Wildman–Crippen LogP) is 1.76. The third-order valence-electron chi connectivity index (χ3n) is 3.19. The fourth-order valence-corrected chi connectivity index (χ4v) is 4.32. The second-order valence-electron chi connectivity index (χ2n) is 4.64. The Labute approximate surface area is 139 Å². The number of rotatable bonds is 4. The van der Waals surface area contributed by atoms with Gasteiger partial charge in [-0.3, -0.25) is 4.79 Å². The Hall–Kier alpha value is -0.860. The fourth-order valence-electron chi connectivity index (χ4n) is 2.08. The lowest BCUT2D eigenvalue weighted by atomic mass is 10.2. The number of hydrogen-bond donors (Lipinski definition) is 1. The number of sulfonamides is 1. The van der Waals surface area contributed by atoms with Crippen molar-refractivity contribution < 1.29 is 17.9 Å². The summed E-state index contributed by atoms with van der Waals surface area (Å²) in [7, 11) is -3.80. The number of carbonyl (C=O) groups is 1. The van der Waals surface area contributed by atoms with Gasteiger partial charge in [0, 0.05) is 19.6 Å². The molecule has 2 rings (SSSR count). The monoisotopic (exact) mass is 366 g/mol. The van der Waals surface area contributed by atoms with Gasteiger partial charge in [-0.15, -0.1) is 0 Å². The highest BCUT2D eigenvalue weighted by molar-refractivity contribution is 7.89. The van der Waals surface area contributed by atoms with E-state index in [2.05, 4.69) is 5.32 Å². The summed E-state index contributed by atoms with van der Waals surface area (Å²) >= 11 is 12.0. The molecule has 9 heteroatoms. The SMILES string of the molecule is CCNC(=O)c1cc(S(=O)(=O)N2CCOCC2)c(Cl)cc1Cl. The van der Waals surface area contributed by atoms with Gasteiger partial charge in [-0.1, -0.05) is 23.2 Å². The lowest BCUT2D eigenvalue weighted by molar-refractivity contribution is 0.0730. The summed E-state index contributed by atoms with van der Waals surface area (Å²) in [5.41, 5.74) is 0.0831. The van der Waals surface area contributed by atoms with Crippen LogP contribution in [0.2, 0.25) is 10.0 Å². The molecule has 6 nitrogen and oxygen atoms in total. The number of carbonyl (C=O) groups excluding carboxylic acids is 1. The van der Waals surface area contributed by atoms with E-state index >= 15 is 0 Å². The molecular formula is C13H16Cl2N2O4S. The molecule has 1 heterocycles. The number of ether oxygens (including phenoxy) is 1. The first-order valence-electron chi connectivity index (χ1n) is 6.73. The highest BCUT2D eigenvalue weighted by Crippen LogP contribution is 2.31. The maximum atomic E-state index is 12.7. The smallest absolute Gasteiger partial charge is 0.252 e. The molecule has 0 aliphatic carbocycles. The molecular weight excluding hydrogens is 351 g/mol. The van der Waals surface area contributed by atoms with Gasteiger partial charge in [-0.2, -0.15) is 4.31 Å². The molecule has 1 amide bonds. The van der Waals surface area contributed by atoms with Gasteiger partial charge in [0.15, 0.2) is 0 Å². The second kappa shape index (κ2) is 7.14. The van der Waals surface area contributed by atoms with Crippen molar-refractivity contribution in [2.75, 3.05) is 32.8 Å². The molecule has 22 heavy (non-hydrogen) atoms. The molecule has 1 aliphatic rings. The van der Waals surface area contributed by atoms with E-state index in [0.29, 0.717) is 19.8 Å². The second-order valence-corrected chi connectivity index (χ2v) is 7.36. The first kappa shape index (κ1) is 17.5. The van der Waals surface area contributed by atoms with E-state index in [1.807, 2.05) is 0 Å². The van der Waals surface area contributed by atoms with Crippen LogP contribution in [0.4, 0.5) is 0 Å². The fraction of sp³-hybridized carbons (Fsp3) is 0.462. The Morgan fingerprint density at radius 2 is 1.91 bits per heavy atom. The Morgan fingerprint density at radius 3 is 2.50 bits per heavy atom. The number of nitrogens with one attached hydrogen (secondary N) is 1. The summed E-state index contributed by atoms with van der Waals surface area (Å²) in [6.07, 6.45) is 0. The standard InChI is InChI=1S/C13H16Cl2N2O4S/c1-2-16-13(18)9-7-12(11(15)8-10(9)14)22(19,20)17-3-5-21-6-4-17/h7-8H,2-6H2,1H3,(H,16,18). The number of halogens is 2. The van der Waals surface area contributed by atoms with Crippen molar-refractivity contribution in [3.8, 4) is 0 Å². The zero-order valence-corrected chi connectivity index (χ0v) is 14.3. The number of amides is 1. The molecule has 1 aromatic carbocycles. The van der Waals surface area contributed by atoms with Crippen LogP contribution in [0.5, 0.6) is 0 Å². The van der Waals surface area contributed by atoms with Crippen molar-refractivity contribution in [1.29, 1.82) is 0 Å². The minimum absolute atomic E-state index is 0.00968. The average molecular weight is 367 g/mol. The zero-order valence-electron chi connectivity index (χ0n) is 11.9. The molecule has 122 valence electrons. The van der Waals surface area contributed by atoms with Crippen LogP contribution in [-0.4, -0.2) is 51.5 Å². The van der Waals surface area contributed by atoms with Gasteiger partial charge < -0.3 is 10.1 Å². The van der Waals surface area contributed by atoms with E-state index in [9.17, 15) is 13.2 Å².